The predicted molar refractivity (Wildman–Crippen MR) is 34.2 cm³/mol. The molecule has 0 aliphatic heterocycles. The minimum atomic E-state index is 0.352. The Balaban J connectivity index is 2.46. The van der Waals surface area contributed by atoms with E-state index < -0.39 is 0 Å². The molecule has 0 aliphatic carbocycles. The molecule has 11 heavy (non-hydrogen) atoms. The molecule has 0 unspecified atom stereocenters. The summed E-state index contributed by atoms with van der Waals surface area (Å²) in [6.07, 6.45) is 5.72. The Kier molecular flexibility index (Phi) is 1.33. The Bertz CT molecular complexity index is 318. The number of nitrogens with zero attached hydrogens (tertiary/aromatic N) is 4. The fourth-order valence-electron chi connectivity index (χ4n) is 0.655. The normalized spacial score (nSPS) is 9.82. The summed E-state index contributed by atoms with van der Waals surface area (Å²) in [4.78, 5) is 7.81. The van der Waals surface area contributed by atoms with Crippen LogP contribution in [0, 0.1) is 6.20 Å². The fraction of sp³-hybridized carbons (Fsp3) is 0. The fourth-order valence-corrected chi connectivity index (χ4v) is 0.655. The Labute approximate surface area is 62.1 Å². The second-order valence-corrected chi connectivity index (χ2v) is 1.79. The van der Waals surface area contributed by atoms with E-state index in [2.05, 4.69) is 31.1 Å². The minimum Gasteiger partial charge on any atom is -0.333 e. The third kappa shape index (κ3) is 1.07. The van der Waals surface area contributed by atoms with E-state index in [0.29, 0.717) is 11.6 Å². The SMILES string of the molecule is [c]1nnoc1-c1ncccn1. The molecule has 0 atom stereocenters. The Morgan fingerprint density at radius 3 is 2.73 bits per heavy atom. The van der Waals surface area contributed by atoms with E-state index in [0.717, 1.165) is 0 Å². The molecule has 2 heterocycles. The number of hydrogen-bond acceptors (Lipinski definition) is 5. The van der Waals surface area contributed by atoms with Crippen molar-refractivity contribution in [2.24, 2.45) is 0 Å². The van der Waals surface area contributed by atoms with Crippen LogP contribution in [0.15, 0.2) is 23.0 Å². The maximum Gasteiger partial charge on any atom is 0.234 e. The monoisotopic (exact) mass is 147 g/mol. The van der Waals surface area contributed by atoms with E-state index in [4.69, 9.17) is 0 Å². The zero-order valence-electron chi connectivity index (χ0n) is 5.43. The topological polar surface area (TPSA) is 64.7 Å². The van der Waals surface area contributed by atoms with Gasteiger partial charge in [0.1, 0.15) is 0 Å². The van der Waals surface area contributed by atoms with Crippen LogP contribution in [-0.4, -0.2) is 20.3 Å². The zero-order chi connectivity index (χ0) is 7.52. The van der Waals surface area contributed by atoms with Gasteiger partial charge in [-0.25, -0.2) is 9.97 Å². The Morgan fingerprint density at radius 1 is 1.27 bits per heavy atom. The van der Waals surface area contributed by atoms with Crippen LogP contribution < -0.4 is 0 Å². The van der Waals surface area contributed by atoms with Crippen LogP contribution in [-0.2, 0) is 0 Å². The summed E-state index contributed by atoms with van der Waals surface area (Å²) in [5.41, 5.74) is 0. The number of aromatic nitrogens is 4. The summed E-state index contributed by atoms with van der Waals surface area (Å²) < 4.78 is 4.68. The largest absolute Gasteiger partial charge is 0.333 e. The lowest BCUT2D eigenvalue weighted by atomic mass is 10.5. The third-order valence-corrected chi connectivity index (χ3v) is 1.09. The van der Waals surface area contributed by atoms with Crippen molar-refractivity contribution in [3.8, 4) is 11.6 Å². The van der Waals surface area contributed by atoms with Gasteiger partial charge in [0.05, 0.1) is 0 Å². The van der Waals surface area contributed by atoms with Gasteiger partial charge in [-0.2, -0.15) is 0 Å². The molecule has 0 spiro atoms. The first-order valence-corrected chi connectivity index (χ1v) is 2.94. The van der Waals surface area contributed by atoms with Gasteiger partial charge in [-0.05, 0) is 6.07 Å². The first kappa shape index (κ1) is 5.96. The average molecular weight is 147 g/mol. The van der Waals surface area contributed by atoms with Crippen molar-refractivity contribution in [2.45, 2.75) is 0 Å². The van der Waals surface area contributed by atoms with Crippen LogP contribution in [0.4, 0.5) is 0 Å². The molecule has 0 N–H and O–H groups in total. The highest BCUT2D eigenvalue weighted by atomic mass is 16.5. The van der Waals surface area contributed by atoms with E-state index >= 15 is 0 Å². The average Bonchev–Trinajstić information content (AvgIpc) is 2.58. The van der Waals surface area contributed by atoms with Crippen LogP contribution >= 0.6 is 0 Å². The highest BCUT2D eigenvalue weighted by Crippen LogP contribution is 2.08. The molecule has 53 valence electrons. The molecule has 5 nitrogen and oxygen atoms in total. The lowest BCUT2D eigenvalue weighted by Gasteiger charge is -1.87. The van der Waals surface area contributed by atoms with Gasteiger partial charge in [-0.3, -0.25) is 0 Å². The van der Waals surface area contributed by atoms with Crippen LogP contribution in [0.25, 0.3) is 11.6 Å². The van der Waals surface area contributed by atoms with Crippen molar-refractivity contribution in [3.05, 3.63) is 24.7 Å². The molecule has 1 radical (unpaired) electrons. The third-order valence-electron chi connectivity index (χ3n) is 1.09. The quantitative estimate of drug-likeness (QED) is 0.581. The second kappa shape index (κ2) is 2.45. The molecule has 0 fully saturated rings. The van der Waals surface area contributed by atoms with Gasteiger partial charge in [0, 0.05) is 17.7 Å². The molecule has 0 bridgehead atoms. The van der Waals surface area contributed by atoms with Crippen LogP contribution in [0.1, 0.15) is 0 Å². The second-order valence-electron chi connectivity index (χ2n) is 1.79. The summed E-state index contributed by atoms with van der Waals surface area (Å²) in [5.74, 6) is 0.795. The summed E-state index contributed by atoms with van der Waals surface area (Å²) >= 11 is 0. The molecule has 0 aliphatic rings. The summed E-state index contributed by atoms with van der Waals surface area (Å²) in [7, 11) is 0. The van der Waals surface area contributed by atoms with Crippen LogP contribution in [0.5, 0.6) is 0 Å². The molecule has 2 rings (SSSR count). The highest BCUT2D eigenvalue weighted by Gasteiger charge is 2.03. The van der Waals surface area contributed by atoms with E-state index in [1.807, 2.05) is 0 Å². The summed E-state index contributed by atoms with van der Waals surface area (Å²) in [6, 6.07) is 1.72. The number of rotatable bonds is 1. The van der Waals surface area contributed by atoms with Crippen molar-refractivity contribution in [3.63, 3.8) is 0 Å². The molecular weight excluding hydrogens is 144 g/mol. The molecule has 0 saturated carbocycles. The Hall–Kier alpha value is -1.78. The van der Waals surface area contributed by atoms with Crippen LogP contribution in [0.2, 0.25) is 0 Å². The van der Waals surface area contributed by atoms with E-state index in [9.17, 15) is 0 Å². The maximum absolute atomic E-state index is 4.68. The molecule has 2 aromatic heterocycles. The first-order valence-electron chi connectivity index (χ1n) is 2.94. The van der Waals surface area contributed by atoms with E-state index in [1.54, 1.807) is 18.5 Å². The lowest BCUT2D eigenvalue weighted by molar-refractivity contribution is 0.401. The molecule has 5 heteroatoms. The standard InChI is InChI=1S/C6H3N4O/c1-2-7-6(8-3-1)5-4-9-10-11-5/h1-3H. The molecule has 0 aromatic carbocycles. The van der Waals surface area contributed by atoms with Gasteiger partial charge < -0.3 is 4.52 Å². The van der Waals surface area contributed by atoms with Crippen molar-refractivity contribution >= 4 is 0 Å². The van der Waals surface area contributed by atoms with Crippen molar-refractivity contribution in [1.82, 2.24) is 20.3 Å². The van der Waals surface area contributed by atoms with E-state index in [-0.39, 0.29) is 0 Å². The molecule has 2 aromatic rings. The van der Waals surface area contributed by atoms with Crippen LogP contribution in [0.3, 0.4) is 0 Å². The molecule has 0 saturated heterocycles. The van der Waals surface area contributed by atoms with Crippen molar-refractivity contribution in [2.75, 3.05) is 0 Å². The smallest absolute Gasteiger partial charge is 0.234 e. The van der Waals surface area contributed by atoms with Gasteiger partial charge >= 0.3 is 0 Å². The van der Waals surface area contributed by atoms with Gasteiger partial charge in [0.2, 0.25) is 11.6 Å². The van der Waals surface area contributed by atoms with Crippen molar-refractivity contribution in [1.29, 1.82) is 0 Å². The van der Waals surface area contributed by atoms with Gasteiger partial charge in [-0.1, -0.05) is 0 Å². The van der Waals surface area contributed by atoms with E-state index in [1.165, 1.54) is 0 Å². The minimum absolute atomic E-state index is 0.352. The number of hydrogen-bond donors (Lipinski definition) is 0. The summed E-state index contributed by atoms with van der Waals surface area (Å²) in [6.45, 7) is 0. The molecule has 0 amide bonds. The highest BCUT2D eigenvalue weighted by molar-refractivity contribution is 5.41. The van der Waals surface area contributed by atoms with Gasteiger partial charge in [0.15, 0.2) is 6.20 Å². The zero-order valence-corrected chi connectivity index (χ0v) is 5.43. The molecular formula is C6H3N4O. The van der Waals surface area contributed by atoms with Crippen molar-refractivity contribution < 1.29 is 4.52 Å². The van der Waals surface area contributed by atoms with Gasteiger partial charge in [-0.15, -0.1) is 5.10 Å². The predicted octanol–water partition coefficient (Wildman–Crippen LogP) is 0.327. The van der Waals surface area contributed by atoms with Gasteiger partial charge in [0.25, 0.3) is 0 Å². The first-order chi connectivity index (χ1) is 5.47. The maximum atomic E-state index is 4.68. The lowest BCUT2D eigenvalue weighted by Crippen LogP contribution is -1.83. The Morgan fingerprint density at radius 2 is 2.09 bits per heavy atom. The summed E-state index contributed by atoms with van der Waals surface area (Å²) in [5, 5.41) is 6.61.